The Hall–Kier alpha value is -3.10. The lowest BCUT2D eigenvalue weighted by Crippen LogP contribution is -2.26. The smallest absolute Gasteiger partial charge is 0.432 e. The number of halogens is 3. The van der Waals surface area contributed by atoms with Crippen LogP contribution in [0.4, 0.5) is 13.2 Å². The van der Waals surface area contributed by atoms with Gasteiger partial charge in [-0.2, -0.15) is 13.2 Å². The highest BCUT2D eigenvalue weighted by Crippen LogP contribution is 2.30. The van der Waals surface area contributed by atoms with E-state index in [-0.39, 0.29) is 5.56 Å². The number of aromatic nitrogens is 1. The van der Waals surface area contributed by atoms with Crippen molar-refractivity contribution >= 4 is 11.8 Å². The zero-order valence-electron chi connectivity index (χ0n) is 11.1. The molecule has 0 saturated heterocycles. The molecule has 1 aromatic heterocycles. The summed E-state index contributed by atoms with van der Waals surface area (Å²) in [5, 5.41) is 18.4. The maximum absolute atomic E-state index is 12.8. The number of carboxylic acids is 1. The number of benzene rings is 1. The van der Waals surface area contributed by atoms with Gasteiger partial charge in [0.25, 0.3) is 5.56 Å². The van der Waals surface area contributed by atoms with Gasteiger partial charge in [0.1, 0.15) is 11.4 Å². The number of para-hydroxylation sites is 1. The van der Waals surface area contributed by atoms with Crippen LogP contribution < -0.4 is 5.56 Å². The molecule has 0 radical (unpaired) electrons. The standard InChI is InChI=1S/C14H8F3NO5/c15-14(16,17)11-8(13(22)23)5-7(12(21)18-11)10(20)6-3-1-2-4-9(6)19/h1-5,19H,(H,18,21)(H,22,23). The first-order chi connectivity index (χ1) is 10.6. The Balaban J connectivity index is 2.68. The number of hydrogen-bond donors (Lipinski definition) is 3. The minimum atomic E-state index is -5.11. The van der Waals surface area contributed by atoms with E-state index >= 15 is 0 Å². The van der Waals surface area contributed by atoms with Crippen LogP contribution in [-0.4, -0.2) is 26.9 Å². The number of carboxylic acid groups (broad SMARTS) is 1. The summed E-state index contributed by atoms with van der Waals surface area (Å²) in [7, 11) is 0. The van der Waals surface area contributed by atoms with Crippen molar-refractivity contribution in [2.75, 3.05) is 0 Å². The number of phenols is 1. The van der Waals surface area contributed by atoms with Crippen LogP contribution in [0.15, 0.2) is 35.1 Å². The fraction of sp³-hybridized carbons (Fsp3) is 0.0714. The molecular formula is C14H8F3NO5. The van der Waals surface area contributed by atoms with Crippen molar-refractivity contribution in [3.63, 3.8) is 0 Å². The number of H-pyrrole nitrogens is 1. The second kappa shape index (κ2) is 5.59. The van der Waals surface area contributed by atoms with E-state index in [2.05, 4.69) is 0 Å². The Morgan fingerprint density at radius 3 is 2.17 bits per heavy atom. The van der Waals surface area contributed by atoms with Crippen molar-refractivity contribution in [2.24, 2.45) is 0 Å². The van der Waals surface area contributed by atoms with E-state index in [0.717, 1.165) is 12.1 Å². The minimum absolute atomic E-state index is 0.339. The SMILES string of the molecule is O=C(O)c1cc(C(=O)c2ccccc2O)c(=O)[nH]c1C(F)(F)F. The average molecular weight is 327 g/mol. The molecule has 0 aliphatic rings. The van der Waals surface area contributed by atoms with Crippen LogP contribution in [-0.2, 0) is 6.18 Å². The molecule has 0 bridgehead atoms. The normalized spacial score (nSPS) is 11.3. The number of aromatic carboxylic acids is 1. The topological polar surface area (TPSA) is 107 Å². The number of ketones is 1. The summed E-state index contributed by atoms with van der Waals surface area (Å²) in [5.41, 5.74) is -5.60. The molecule has 120 valence electrons. The highest BCUT2D eigenvalue weighted by Gasteiger charge is 2.38. The monoisotopic (exact) mass is 327 g/mol. The maximum Gasteiger partial charge on any atom is 0.432 e. The molecule has 0 saturated carbocycles. The largest absolute Gasteiger partial charge is 0.507 e. The molecule has 0 spiro atoms. The Kier molecular flexibility index (Phi) is 3.96. The van der Waals surface area contributed by atoms with Crippen LogP contribution in [0.5, 0.6) is 5.75 Å². The van der Waals surface area contributed by atoms with Crippen LogP contribution in [0, 0.1) is 0 Å². The number of pyridine rings is 1. The number of phenolic OH excluding ortho intramolecular Hbond substituents is 1. The van der Waals surface area contributed by atoms with E-state index < -0.39 is 46.1 Å². The molecule has 0 atom stereocenters. The van der Waals surface area contributed by atoms with Crippen molar-refractivity contribution in [2.45, 2.75) is 6.18 Å². The molecule has 0 aliphatic heterocycles. The van der Waals surface area contributed by atoms with Gasteiger partial charge in [0.15, 0.2) is 0 Å². The molecule has 9 heteroatoms. The number of carbonyl (C=O) groups is 2. The predicted molar refractivity (Wildman–Crippen MR) is 70.6 cm³/mol. The molecule has 23 heavy (non-hydrogen) atoms. The lowest BCUT2D eigenvalue weighted by Gasteiger charge is -2.11. The third-order valence-corrected chi connectivity index (χ3v) is 2.95. The first-order valence-corrected chi connectivity index (χ1v) is 6.03. The van der Waals surface area contributed by atoms with Gasteiger partial charge in [-0.25, -0.2) is 4.79 Å². The molecule has 1 aromatic carbocycles. The van der Waals surface area contributed by atoms with Crippen LogP contribution in [0.3, 0.4) is 0 Å². The van der Waals surface area contributed by atoms with E-state index in [1.807, 2.05) is 0 Å². The Bertz CT molecular complexity index is 854. The number of carbonyl (C=O) groups excluding carboxylic acids is 1. The molecule has 2 aromatic rings. The van der Waals surface area contributed by atoms with Crippen molar-refractivity contribution in [3.05, 3.63) is 63.1 Å². The molecule has 0 aliphatic carbocycles. The van der Waals surface area contributed by atoms with Gasteiger partial charge in [0, 0.05) is 0 Å². The number of alkyl halides is 3. The van der Waals surface area contributed by atoms with E-state index in [1.54, 1.807) is 0 Å². The molecule has 3 N–H and O–H groups in total. The second-order valence-corrected chi connectivity index (χ2v) is 4.45. The zero-order valence-corrected chi connectivity index (χ0v) is 11.1. The van der Waals surface area contributed by atoms with Crippen molar-refractivity contribution in [1.29, 1.82) is 0 Å². The summed E-state index contributed by atoms with van der Waals surface area (Å²) >= 11 is 0. The fourth-order valence-corrected chi connectivity index (χ4v) is 1.90. The molecule has 0 amide bonds. The Morgan fingerprint density at radius 2 is 1.65 bits per heavy atom. The number of aromatic hydroxyl groups is 1. The van der Waals surface area contributed by atoms with Gasteiger partial charge in [0.2, 0.25) is 5.78 Å². The van der Waals surface area contributed by atoms with Crippen LogP contribution in [0.2, 0.25) is 0 Å². The molecule has 2 rings (SSSR count). The zero-order chi connectivity index (χ0) is 17.4. The van der Waals surface area contributed by atoms with Gasteiger partial charge in [-0.3, -0.25) is 9.59 Å². The maximum atomic E-state index is 12.8. The number of rotatable bonds is 3. The Labute approximate surface area is 125 Å². The van der Waals surface area contributed by atoms with Crippen LogP contribution in [0.1, 0.15) is 32.0 Å². The highest BCUT2D eigenvalue weighted by molar-refractivity contribution is 6.11. The van der Waals surface area contributed by atoms with E-state index in [1.165, 1.54) is 17.1 Å². The summed E-state index contributed by atoms with van der Waals surface area (Å²) < 4.78 is 38.3. The highest BCUT2D eigenvalue weighted by atomic mass is 19.4. The third-order valence-electron chi connectivity index (χ3n) is 2.95. The van der Waals surface area contributed by atoms with Crippen LogP contribution >= 0.6 is 0 Å². The lowest BCUT2D eigenvalue weighted by molar-refractivity contribution is -0.141. The third kappa shape index (κ3) is 3.07. The molecule has 6 nitrogen and oxygen atoms in total. The van der Waals surface area contributed by atoms with Gasteiger partial charge < -0.3 is 15.2 Å². The van der Waals surface area contributed by atoms with Gasteiger partial charge >= 0.3 is 12.1 Å². The summed E-state index contributed by atoms with van der Waals surface area (Å²) in [6.07, 6.45) is -5.11. The molecule has 0 fully saturated rings. The summed E-state index contributed by atoms with van der Waals surface area (Å²) in [6.45, 7) is 0. The van der Waals surface area contributed by atoms with Gasteiger partial charge in [-0.15, -0.1) is 0 Å². The molecule has 1 heterocycles. The van der Waals surface area contributed by atoms with Crippen LogP contribution in [0.25, 0.3) is 0 Å². The van der Waals surface area contributed by atoms with Gasteiger partial charge in [0.05, 0.1) is 16.7 Å². The molecular weight excluding hydrogens is 319 g/mol. The minimum Gasteiger partial charge on any atom is -0.507 e. The summed E-state index contributed by atoms with van der Waals surface area (Å²) in [5.74, 6) is -3.55. The average Bonchev–Trinajstić information content (AvgIpc) is 2.45. The quantitative estimate of drug-likeness (QED) is 0.748. The first-order valence-electron chi connectivity index (χ1n) is 6.03. The summed E-state index contributed by atoms with van der Waals surface area (Å²) in [6, 6.07) is 5.40. The fourth-order valence-electron chi connectivity index (χ4n) is 1.90. The van der Waals surface area contributed by atoms with Crippen molar-refractivity contribution in [3.8, 4) is 5.75 Å². The van der Waals surface area contributed by atoms with Gasteiger partial charge in [-0.1, -0.05) is 12.1 Å². The number of hydrogen-bond acceptors (Lipinski definition) is 4. The van der Waals surface area contributed by atoms with E-state index in [4.69, 9.17) is 5.11 Å². The van der Waals surface area contributed by atoms with Gasteiger partial charge in [-0.05, 0) is 18.2 Å². The van der Waals surface area contributed by atoms with E-state index in [0.29, 0.717) is 6.07 Å². The molecule has 0 unspecified atom stereocenters. The van der Waals surface area contributed by atoms with Crippen molar-refractivity contribution < 1.29 is 33.0 Å². The number of nitrogens with one attached hydrogen (secondary N) is 1. The predicted octanol–water partition coefficient (Wildman–Crippen LogP) is 2.03. The lowest BCUT2D eigenvalue weighted by atomic mass is 10.0. The number of aromatic amines is 1. The summed E-state index contributed by atoms with van der Waals surface area (Å²) in [4.78, 5) is 36.3. The second-order valence-electron chi connectivity index (χ2n) is 4.45. The first kappa shape index (κ1) is 16.3. The van der Waals surface area contributed by atoms with Crippen molar-refractivity contribution in [1.82, 2.24) is 4.98 Å². The Morgan fingerprint density at radius 1 is 1.04 bits per heavy atom. The van der Waals surface area contributed by atoms with E-state index in [9.17, 15) is 32.7 Å².